The van der Waals surface area contributed by atoms with E-state index in [0.717, 1.165) is 51.4 Å². The minimum atomic E-state index is 0.827. The molecule has 4 heteroatoms. The highest BCUT2D eigenvalue weighted by Crippen LogP contribution is 2.04. The molecular weight excluding hydrogens is 272 g/mol. The van der Waals surface area contributed by atoms with Gasteiger partial charge < -0.3 is 15.5 Å². The van der Waals surface area contributed by atoms with Crippen molar-refractivity contribution in [2.45, 2.75) is 26.2 Å². The van der Waals surface area contributed by atoms with E-state index in [1.807, 2.05) is 24.3 Å². The molecule has 0 aliphatic rings. The number of nitrogens with one attached hydrogen (secondary N) is 2. The molecule has 0 amide bonds. The fourth-order valence-electron chi connectivity index (χ4n) is 2.10. The largest absolute Gasteiger partial charge is 0.385 e. The van der Waals surface area contributed by atoms with E-state index < -0.39 is 0 Å². The van der Waals surface area contributed by atoms with Crippen molar-refractivity contribution >= 4 is 11.6 Å². The molecule has 0 fully saturated rings. The van der Waals surface area contributed by atoms with E-state index in [4.69, 9.17) is 0 Å². The van der Waals surface area contributed by atoms with E-state index in [2.05, 4.69) is 53.2 Å². The molecule has 0 saturated heterocycles. The Labute approximate surface area is 135 Å². The van der Waals surface area contributed by atoms with Gasteiger partial charge in [-0.1, -0.05) is 24.3 Å². The van der Waals surface area contributed by atoms with Crippen molar-refractivity contribution in [3.05, 3.63) is 43.0 Å². The first-order chi connectivity index (χ1) is 10.8. The number of nitrogens with zero attached hydrogens (tertiary/aromatic N) is 2. The predicted octanol–water partition coefficient (Wildman–Crippen LogP) is 3.35. The second-order valence-corrected chi connectivity index (χ2v) is 5.23. The summed E-state index contributed by atoms with van der Waals surface area (Å²) >= 11 is 0. The predicted molar refractivity (Wildman–Crippen MR) is 97.6 cm³/mol. The van der Waals surface area contributed by atoms with E-state index in [9.17, 15) is 0 Å². The number of allylic oxidation sites excluding steroid dienone is 1. The van der Waals surface area contributed by atoms with Crippen LogP contribution in [-0.4, -0.2) is 44.1 Å². The summed E-state index contributed by atoms with van der Waals surface area (Å²) in [6, 6.07) is 10.3. The van der Waals surface area contributed by atoms with Crippen LogP contribution < -0.4 is 10.6 Å². The lowest BCUT2D eigenvalue weighted by Gasteiger charge is -2.21. The van der Waals surface area contributed by atoms with Crippen LogP contribution in [0.1, 0.15) is 26.2 Å². The summed E-state index contributed by atoms with van der Waals surface area (Å²) in [5, 5.41) is 6.75. The van der Waals surface area contributed by atoms with Gasteiger partial charge in [-0.2, -0.15) is 0 Å². The van der Waals surface area contributed by atoms with Gasteiger partial charge in [0, 0.05) is 38.9 Å². The van der Waals surface area contributed by atoms with Crippen LogP contribution in [-0.2, 0) is 0 Å². The summed E-state index contributed by atoms with van der Waals surface area (Å²) in [6.07, 6.45) is 5.14. The maximum absolute atomic E-state index is 4.69. The van der Waals surface area contributed by atoms with Gasteiger partial charge in [-0.05, 0) is 38.3 Å². The van der Waals surface area contributed by atoms with Crippen LogP contribution >= 0.6 is 0 Å². The minimum Gasteiger partial charge on any atom is -0.385 e. The number of anilines is 1. The fourth-order valence-corrected chi connectivity index (χ4v) is 2.10. The number of para-hydroxylation sites is 1. The van der Waals surface area contributed by atoms with Crippen LogP contribution in [0.3, 0.4) is 0 Å². The van der Waals surface area contributed by atoms with Crippen molar-refractivity contribution in [3.8, 4) is 0 Å². The molecule has 0 bridgehead atoms. The maximum Gasteiger partial charge on any atom is 0.193 e. The van der Waals surface area contributed by atoms with E-state index in [1.165, 1.54) is 5.69 Å². The van der Waals surface area contributed by atoms with E-state index in [0.29, 0.717) is 0 Å². The van der Waals surface area contributed by atoms with Gasteiger partial charge in [0.05, 0.1) is 0 Å². The smallest absolute Gasteiger partial charge is 0.193 e. The molecule has 0 heterocycles. The number of hydrogen-bond donors (Lipinski definition) is 2. The average molecular weight is 302 g/mol. The maximum atomic E-state index is 4.69. The van der Waals surface area contributed by atoms with Crippen LogP contribution in [0.2, 0.25) is 0 Å². The van der Waals surface area contributed by atoms with Crippen LogP contribution in [0.25, 0.3) is 0 Å². The average Bonchev–Trinajstić information content (AvgIpc) is 2.54. The van der Waals surface area contributed by atoms with Gasteiger partial charge in [0.25, 0.3) is 0 Å². The molecule has 22 heavy (non-hydrogen) atoms. The number of aliphatic imine (C=N–C) groups is 1. The highest BCUT2D eigenvalue weighted by Gasteiger charge is 2.03. The van der Waals surface area contributed by atoms with Crippen LogP contribution in [0.15, 0.2) is 48.0 Å². The summed E-state index contributed by atoms with van der Waals surface area (Å²) in [5.41, 5.74) is 1.17. The zero-order valence-corrected chi connectivity index (χ0v) is 14.0. The third-order valence-electron chi connectivity index (χ3n) is 3.30. The molecule has 0 atom stereocenters. The summed E-state index contributed by atoms with van der Waals surface area (Å²) in [5.74, 6) is 0.992. The number of unbranched alkanes of at least 4 members (excludes halogenated alkanes) is 1. The third-order valence-corrected chi connectivity index (χ3v) is 3.30. The van der Waals surface area contributed by atoms with Gasteiger partial charge in [-0.3, -0.25) is 4.99 Å². The topological polar surface area (TPSA) is 39.7 Å². The van der Waals surface area contributed by atoms with Gasteiger partial charge >= 0.3 is 0 Å². The molecular formula is C18H30N4. The molecule has 4 nitrogen and oxygen atoms in total. The Morgan fingerprint density at radius 1 is 1.27 bits per heavy atom. The second kappa shape index (κ2) is 11.7. The standard InChI is InChI=1S/C18H30N4/c1-4-6-10-16-22(3)18(19-5-2)21-15-11-14-20-17-12-8-7-9-13-17/h4,7-9,12-13,20H,1,5-6,10-11,14-16H2,2-3H3,(H,19,21). The third kappa shape index (κ3) is 7.72. The Bertz CT molecular complexity index is 428. The molecule has 1 aromatic rings. The number of guanidine groups is 1. The molecule has 0 spiro atoms. The van der Waals surface area contributed by atoms with Crippen LogP contribution in [0.4, 0.5) is 5.69 Å². The van der Waals surface area contributed by atoms with Crippen molar-refractivity contribution in [1.82, 2.24) is 10.2 Å². The summed E-state index contributed by atoms with van der Waals surface area (Å²) < 4.78 is 0. The minimum absolute atomic E-state index is 0.827. The van der Waals surface area contributed by atoms with Crippen molar-refractivity contribution in [2.75, 3.05) is 38.5 Å². The molecule has 1 rings (SSSR count). The first-order valence-corrected chi connectivity index (χ1v) is 8.17. The fraction of sp³-hybridized carbons (Fsp3) is 0.500. The van der Waals surface area contributed by atoms with Gasteiger partial charge in [-0.25, -0.2) is 0 Å². The second-order valence-electron chi connectivity index (χ2n) is 5.23. The molecule has 0 unspecified atom stereocenters. The molecule has 0 radical (unpaired) electrons. The lowest BCUT2D eigenvalue weighted by Crippen LogP contribution is -2.39. The lowest BCUT2D eigenvalue weighted by atomic mass is 10.3. The number of benzene rings is 1. The Morgan fingerprint density at radius 3 is 2.73 bits per heavy atom. The summed E-state index contributed by atoms with van der Waals surface area (Å²) in [7, 11) is 2.09. The Morgan fingerprint density at radius 2 is 2.05 bits per heavy atom. The molecule has 0 aromatic heterocycles. The van der Waals surface area contributed by atoms with Crippen molar-refractivity contribution < 1.29 is 0 Å². The first kappa shape index (κ1) is 18.1. The lowest BCUT2D eigenvalue weighted by molar-refractivity contribution is 0.470. The Hall–Kier alpha value is -1.97. The SMILES string of the molecule is C=CCCCN(C)C(=NCCCNc1ccccc1)NCC. The Balaban J connectivity index is 2.30. The first-order valence-electron chi connectivity index (χ1n) is 8.17. The van der Waals surface area contributed by atoms with E-state index in [1.54, 1.807) is 0 Å². The zero-order chi connectivity index (χ0) is 16.0. The quantitative estimate of drug-likeness (QED) is 0.301. The van der Waals surface area contributed by atoms with E-state index in [-0.39, 0.29) is 0 Å². The molecule has 0 aliphatic heterocycles. The van der Waals surface area contributed by atoms with Crippen molar-refractivity contribution in [3.63, 3.8) is 0 Å². The van der Waals surface area contributed by atoms with Gasteiger partial charge in [0.1, 0.15) is 0 Å². The highest BCUT2D eigenvalue weighted by atomic mass is 15.3. The summed E-state index contributed by atoms with van der Waals surface area (Å²) in [6.45, 7) is 9.52. The summed E-state index contributed by atoms with van der Waals surface area (Å²) in [4.78, 5) is 6.88. The van der Waals surface area contributed by atoms with Crippen molar-refractivity contribution in [1.29, 1.82) is 0 Å². The monoisotopic (exact) mass is 302 g/mol. The van der Waals surface area contributed by atoms with Crippen LogP contribution in [0.5, 0.6) is 0 Å². The molecule has 1 aromatic carbocycles. The van der Waals surface area contributed by atoms with Crippen LogP contribution in [0, 0.1) is 0 Å². The number of rotatable bonds is 10. The van der Waals surface area contributed by atoms with E-state index >= 15 is 0 Å². The molecule has 0 saturated carbocycles. The zero-order valence-electron chi connectivity index (χ0n) is 14.0. The highest BCUT2D eigenvalue weighted by molar-refractivity contribution is 5.79. The molecule has 2 N–H and O–H groups in total. The van der Waals surface area contributed by atoms with Crippen molar-refractivity contribution in [2.24, 2.45) is 4.99 Å². The van der Waals surface area contributed by atoms with Gasteiger partial charge in [0.2, 0.25) is 0 Å². The molecule has 122 valence electrons. The number of hydrogen-bond acceptors (Lipinski definition) is 2. The van der Waals surface area contributed by atoms with Gasteiger partial charge in [0.15, 0.2) is 5.96 Å². The molecule has 0 aliphatic carbocycles. The Kier molecular flexibility index (Phi) is 9.59. The normalized spacial score (nSPS) is 11.1. The van der Waals surface area contributed by atoms with Gasteiger partial charge in [-0.15, -0.1) is 6.58 Å².